The Bertz CT molecular complexity index is 714. The van der Waals surface area contributed by atoms with Gasteiger partial charge in [0.2, 0.25) is 0 Å². The molecule has 126 valence electrons. The number of rotatable bonds is 5. The fourth-order valence-electron chi connectivity index (χ4n) is 2.65. The first kappa shape index (κ1) is 16.5. The van der Waals surface area contributed by atoms with Crippen LogP contribution in [-0.2, 0) is 20.7 Å². The van der Waals surface area contributed by atoms with Gasteiger partial charge in [0.05, 0.1) is 18.6 Å². The van der Waals surface area contributed by atoms with E-state index in [1.165, 1.54) is 22.9 Å². The molecule has 0 atom stereocenters. The number of benzene rings is 1. The third-order valence-electron chi connectivity index (χ3n) is 4.15. The summed E-state index contributed by atoms with van der Waals surface area (Å²) in [6.45, 7) is 4.83. The molecular weight excluding hydrogens is 306 g/mol. The smallest absolute Gasteiger partial charge is 0.191 e. The molecule has 6 nitrogen and oxygen atoms in total. The molecule has 0 radical (unpaired) electrons. The lowest BCUT2D eigenvalue weighted by atomic mass is 9.84. The second-order valence-electron chi connectivity index (χ2n) is 6.17. The van der Waals surface area contributed by atoms with Gasteiger partial charge >= 0.3 is 0 Å². The van der Waals surface area contributed by atoms with Gasteiger partial charge in [-0.2, -0.15) is 5.10 Å². The van der Waals surface area contributed by atoms with Crippen molar-refractivity contribution >= 4 is 17.6 Å². The Morgan fingerprint density at radius 1 is 1.29 bits per heavy atom. The van der Waals surface area contributed by atoms with E-state index >= 15 is 0 Å². The van der Waals surface area contributed by atoms with Gasteiger partial charge in [-0.05, 0) is 30.5 Å². The highest BCUT2D eigenvalue weighted by Crippen LogP contribution is 2.28. The number of carbonyl (C=O) groups excluding carboxylic acids is 1. The van der Waals surface area contributed by atoms with Crippen molar-refractivity contribution < 1.29 is 14.3 Å². The number of allylic oxidation sites excluding steroid dienone is 1. The Morgan fingerprint density at radius 2 is 2.00 bits per heavy atom. The standard InChI is InChI=1S/C18H21N3O3/c1-3-14-4-6-15(7-5-14)8-16(21-12-19-11-20-21)17(22)18(2)9-23-13-24-10-18/h4-8,11-12H,3,9-10,13H2,1-2H3. The van der Waals surface area contributed by atoms with Crippen molar-refractivity contribution in [3.8, 4) is 0 Å². The molecule has 24 heavy (non-hydrogen) atoms. The van der Waals surface area contributed by atoms with Crippen LogP contribution in [0.15, 0.2) is 36.9 Å². The minimum atomic E-state index is -0.737. The maximum atomic E-state index is 13.1. The van der Waals surface area contributed by atoms with E-state index in [4.69, 9.17) is 9.47 Å². The van der Waals surface area contributed by atoms with Gasteiger partial charge in [-0.25, -0.2) is 9.67 Å². The first-order chi connectivity index (χ1) is 11.6. The second kappa shape index (κ2) is 7.07. The predicted octanol–water partition coefficient (Wildman–Crippen LogP) is 2.42. The van der Waals surface area contributed by atoms with E-state index in [1.54, 1.807) is 0 Å². The van der Waals surface area contributed by atoms with Crippen LogP contribution in [0.3, 0.4) is 0 Å². The first-order valence-corrected chi connectivity index (χ1v) is 7.98. The first-order valence-electron chi connectivity index (χ1n) is 7.98. The molecule has 0 spiro atoms. The van der Waals surface area contributed by atoms with Crippen LogP contribution in [-0.4, -0.2) is 40.6 Å². The van der Waals surface area contributed by atoms with Gasteiger partial charge in [-0.15, -0.1) is 0 Å². The van der Waals surface area contributed by atoms with Crippen molar-refractivity contribution in [3.63, 3.8) is 0 Å². The van der Waals surface area contributed by atoms with Gasteiger partial charge in [0.1, 0.15) is 25.1 Å². The molecule has 0 amide bonds. The summed E-state index contributed by atoms with van der Waals surface area (Å²) in [6.07, 6.45) is 5.75. The van der Waals surface area contributed by atoms with Gasteiger partial charge in [-0.3, -0.25) is 4.79 Å². The summed E-state index contributed by atoms with van der Waals surface area (Å²) in [5.41, 5.74) is 1.90. The van der Waals surface area contributed by atoms with Crippen LogP contribution in [0.25, 0.3) is 11.8 Å². The quantitative estimate of drug-likeness (QED) is 0.789. The van der Waals surface area contributed by atoms with E-state index in [2.05, 4.69) is 29.1 Å². The predicted molar refractivity (Wildman–Crippen MR) is 89.9 cm³/mol. The molecule has 6 heteroatoms. The Hall–Kier alpha value is -2.31. The van der Waals surface area contributed by atoms with E-state index in [0.29, 0.717) is 18.9 Å². The Labute approximate surface area is 141 Å². The maximum absolute atomic E-state index is 13.1. The molecule has 1 aromatic carbocycles. The molecule has 2 heterocycles. The van der Waals surface area contributed by atoms with Gasteiger partial charge in [-0.1, -0.05) is 31.2 Å². The molecule has 1 aromatic heterocycles. The largest absolute Gasteiger partial charge is 0.354 e. The van der Waals surface area contributed by atoms with Crippen molar-refractivity contribution in [1.29, 1.82) is 0 Å². The van der Waals surface area contributed by atoms with Crippen LogP contribution >= 0.6 is 0 Å². The Balaban J connectivity index is 1.97. The van der Waals surface area contributed by atoms with E-state index in [1.807, 2.05) is 25.1 Å². The van der Waals surface area contributed by atoms with Crippen LogP contribution in [0.5, 0.6) is 0 Å². The lowest BCUT2D eigenvalue weighted by Crippen LogP contribution is -2.42. The lowest BCUT2D eigenvalue weighted by molar-refractivity contribution is -0.168. The van der Waals surface area contributed by atoms with Gasteiger partial charge in [0, 0.05) is 0 Å². The highest BCUT2D eigenvalue weighted by molar-refractivity contribution is 6.22. The summed E-state index contributed by atoms with van der Waals surface area (Å²) >= 11 is 0. The number of hydrogen-bond donors (Lipinski definition) is 0. The number of ketones is 1. The summed E-state index contributed by atoms with van der Waals surface area (Å²) in [5.74, 6) is -0.0766. The summed E-state index contributed by atoms with van der Waals surface area (Å²) in [4.78, 5) is 17.1. The molecule has 2 aromatic rings. The minimum Gasteiger partial charge on any atom is -0.354 e. The van der Waals surface area contributed by atoms with Crippen molar-refractivity contribution in [2.24, 2.45) is 5.41 Å². The number of aromatic nitrogens is 3. The third kappa shape index (κ3) is 3.44. The second-order valence-corrected chi connectivity index (χ2v) is 6.17. The number of hydrogen-bond acceptors (Lipinski definition) is 5. The minimum absolute atomic E-state index is 0.0766. The number of carbonyl (C=O) groups is 1. The Morgan fingerprint density at radius 3 is 2.58 bits per heavy atom. The molecule has 0 N–H and O–H groups in total. The molecule has 0 bridgehead atoms. The maximum Gasteiger partial charge on any atom is 0.191 e. The fraction of sp³-hybridized carbons (Fsp3) is 0.389. The van der Waals surface area contributed by atoms with E-state index in [-0.39, 0.29) is 12.6 Å². The highest BCUT2D eigenvalue weighted by Gasteiger charge is 2.39. The molecule has 1 fully saturated rings. The summed E-state index contributed by atoms with van der Waals surface area (Å²) in [5, 5.41) is 4.13. The zero-order chi connectivity index (χ0) is 17.0. The number of Topliss-reactive ketones (excluding diaryl/α,β-unsaturated/α-hetero) is 1. The molecule has 1 aliphatic rings. The zero-order valence-corrected chi connectivity index (χ0v) is 13.9. The molecular formula is C18H21N3O3. The average Bonchev–Trinajstić information content (AvgIpc) is 3.14. The SMILES string of the molecule is CCc1ccc(C=C(C(=O)C2(C)COCOC2)n2cncn2)cc1. The third-order valence-corrected chi connectivity index (χ3v) is 4.15. The van der Waals surface area contributed by atoms with Gasteiger partial charge in [0.15, 0.2) is 5.78 Å². The topological polar surface area (TPSA) is 66.2 Å². The summed E-state index contributed by atoms with van der Waals surface area (Å²) in [6, 6.07) is 8.12. The van der Waals surface area contributed by atoms with Crippen LogP contribution < -0.4 is 0 Å². The van der Waals surface area contributed by atoms with Crippen molar-refractivity contribution in [1.82, 2.24) is 14.8 Å². The van der Waals surface area contributed by atoms with Crippen LogP contribution in [0.4, 0.5) is 0 Å². The fourth-order valence-corrected chi connectivity index (χ4v) is 2.65. The molecule has 0 saturated carbocycles. The highest BCUT2D eigenvalue weighted by atomic mass is 16.7. The molecule has 3 rings (SSSR count). The average molecular weight is 327 g/mol. The van der Waals surface area contributed by atoms with E-state index in [0.717, 1.165) is 12.0 Å². The van der Waals surface area contributed by atoms with Crippen molar-refractivity contribution in [2.75, 3.05) is 20.0 Å². The Kier molecular flexibility index (Phi) is 4.87. The van der Waals surface area contributed by atoms with Crippen LogP contribution in [0.1, 0.15) is 25.0 Å². The number of ether oxygens (including phenoxy) is 2. The number of nitrogens with zero attached hydrogens (tertiary/aromatic N) is 3. The monoisotopic (exact) mass is 327 g/mol. The van der Waals surface area contributed by atoms with Crippen LogP contribution in [0.2, 0.25) is 0 Å². The van der Waals surface area contributed by atoms with E-state index in [9.17, 15) is 4.79 Å². The molecule has 0 aliphatic carbocycles. The van der Waals surface area contributed by atoms with Crippen molar-refractivity contribution in [2.45, 2.75) is 20.3 Å². The van der Waals surface area contributed by atoms with Gasteiger partial charge < -0.3 is 9.47 Å². The van der Waals surface area contributed by atoms with E-state index < -0.39 is 5.41 Å². The summed E-state index contributed by atoms with van der Waals surface area (Å²) < 4.78 is 12.2. The normalized spacial score (nSPS) is 17.7. The molecule has 1 aliphatic heterocycles. The van der Waals surface area contributed by atoms with Crippen LogP contribution in [0, 0.1) is 5.41 Å². The molecule has 1 saturated heterocycles. The molecule has 0 unspecified atom stereocenters. The zero-order valence-electron chi connectivity index (χ0n) is 13.9. The summed E-state index contributed by atoms with van der Waals surface area (Å²) in [7, 11) is 0. The van der Waals surface area contributed by atoms with Gasteiger partial charge in [0.25, 0.3) is 0 Å². The van der Waals surface area contributed by atoms with Crippen molar-refractivity contribution in [3.05, 3.63) is 48.0 Å². The lowest BCUT2D eigenvalue weighted by Gasteiger charge is -2.32. The number of aryl methyl sites for hydroxylation is 1.